The molecule has 2 rings (SSSR count). The molecule has 7 nitrogen and oxygen atoms in total. The number of para-hydroxylation sites is 1. The highest BCUT2D eigenvalue weighted by Crippen LogP contribution is 2.16. The zero-order valence-corrected chi connectivity index (χ0v) is 14.1. The average Bonchev–Trinajstić information content (AvgIpc) is 2.66. The number of benzene rings is 2. The molecule has 2 N–H and O–H groups in total. The smallest absolute Gasteiger partial charge is 0.273 e. The Labute approximate surface area is 145 Å². The van der Waals surface area contributed by atoms with Gasteiger partial charge < -0.3 is 14.2 Å². The minimum atomic E-state index is -0.467. The Morgan fingerprint density at radius 2 is 1.56 bits per heavy atom. The molecule has 25 heavy (non-hydrogen) atoms. The van der Waals surface area contributed by atoms with Crippen molar-refractivity contribution in [3.05, 3.63) is 59.7 Å². The molecule has 0 atom stereocenters. The second kappa shape index (κ2) is 9.29. The Hall–Kier alpha value is -3.06. The van der Waals surface area contributed by atoms with Gasteiger partial charge >= 0.3 is 0 Å². The Morgan fingerprint density at radius 1 is 0.880 bits per heavy atom. The average molecular weight is 344 g/mol. The van der Waals surface area contributed by atoms with Gasteiger partial charge in [-0.15, -0.1) is 0 Å². The van der Waals surface area contributed by atoms with Crippen LogP contribution in [0, 0.1) is 0 Å². The largest absolute Gasteiger partial charge is 0.496 e. The number of hydrazine groups is 1. The summed E-state index contributed by atoms with van der Waals surface area (Å²) in [6.45, 7) is 0.911. The van der Waals surface area contributed by atoms with Crippen LogP contribution >= 0.6 is 0 Å². The minimum Gasteiger partial charge on any atom is -0.496 e. The third-order valence-electron chi connectivity index (χ3n) is 3.31. The van der Waals surface area contributed by atoms with E-state index in [1.54, 1.807) is 55.6 Å². The summed E-state index contributed by atoms with van der Waals surface area (Å²) in [7, 11) is 3.07. The number of methoxy groups -OCH3 is 2. The van der Waals surface area contributed by atoms with Crippen molar-refractivity contribution < 1.29 is 23.8 Å². The standard InChI is InChI=1S/C18H20N2O5/c1-23-11-12-25-14-9-7-13(8-10-14)17(21)19-20-18(22)15-5-3-4-6-16(15)24-2/h3-10H,11-12H2,1-2H3,(H,19,21)(H,20,22). The van der Waals surface area contributed by atoms with Crippen LogP contribution in [0.3, 0.4) is 0 Å². The van der Waals surface area contributed by atoms with Crippen LogP contribution in [0.2, 0.25) is 0 Å². The molecule has 0 aliphatic heterocycles. The summed E-state index contributed by atoms with van der Waals surface area (Å²) >= 11 is 0. The van der Waals surface area contributed by atoms with E-state index in [0.717, 1.165) is 0 Å². The second-order valence-corrected chi connectivity index (χ2v) is 4.97. The van der Waals surface area contributed by atoms with E-state index in [-0.39, 0.29) is 0 Å². The van der Waals surface area contributed by atoms with Crippen LogP contribution < -0.4 is 20.3 Å². The zero-order chi connectivity index (χ0) is 18.1. The Bertz CT molecular complexity index is 716. The number of hydrogen-bond acceptors (Lipinski definition) is 5. The molecule has 0 saturated carbocycles. The van der Waals surface area contributed by atoms with Crippen LogP contribution in [0.5, 0.6) is 11.5 Å². The predicted molar refractivity (Wildman–Crippen MR) is 91.7 cm³/mol. The van der Waals surface area contributed by atoms with Gasteiger partial charge in [0.25, 0.3) is 11.8 Å². The van der Waals surface area contributed by atoms with E-state index in [1.165, 1.54) is 7.11 Å². The Kier molecular flexibility index (Phi) is 6.79. The molecular weight excluding hydrogens is 324 g/mol. The van der Waals surface area contributed by atoms with Crippen molar-refractivity contribution in [1.82, 2.24) is 10.9 Å². The Balaban J connectivity index is 1.90. The first-order valence-corrected chi connectivity index (χ1v) is 7.61. The molecule has 0 spiro atoms. The molecule has 0 aromatic heterocycles. The van der Waals surface area contributed by atoms with Crippen molar-refractivity contribution in [3.63, 3.8) is 0 Å². The molecule has 0 fully saturated rings. The van der Waals surface area contributed by atoms with Gasteiger partial charge in [0.1, 0.15) is 18.1 Å². The first-order valence-electron chi connectivity index (χ1n) is 7.61. The van der Waals surface area contributed by atoms with Gasteiger partial charge in [0.05, 0.1) is 19.3 Å². The summed E-state index contributed by atoms with van der Waals surface area (Å²) in [5.41, 5.74) is 5.44. The SMILES string of the molecule is COCCOc1ccc(C(=O)NNC(=O)c2ccccc2OC)cc1. The highest BCUT2D eigenvalue weighted by atomic mass is 16.5. The first kappa shape index (κ1) is 18.3. The summed E-state index contributed by atoms with van der Waals surface area (Å²) in [6, 6.07) is 13.3. The number of nitrogens with one attached hydrogen (secondary N) is 2. The topological polar surface area (TPSA) is 85.9 Å². The summed E-state index contributed by atoms with van der Waals surface area (Å²) < 4.78 is 15.4. The molecule has 0 unspecified atom stereocenters. The molecule has 2 amide bonds. The number of carbonyl (C=O) groups is 2. The van der Waals surface area contributed by atoms with Gasteiger partial charge in [-0.2, -0.15) is 0 Å². The lowest BCUT2D eigenvalue weighted by Crippen LogP contribution is -2.41. The van der Waals surface area contributed by atoms with Gasteiger partial charge in [0.15, 0.2) is 0 Å². The Morgan fingerprint density at radius 3 is 2.24 bits per heavy atom. The normalized spacial score (nSPS) is 10.0. The van der Waals surface area contributed by atoms with E-state index in [2.05, 4.69) is 10.9 Å². The fourth-order valence-corrected chi connectivity index (χ4v) is 2.03. The molecule has 2 aromatic carbocycles. The maximum Gasteiger partial charge on any atom is 0.273 e. The molecule has 0 radical (unpaired) electrons. The quantitative estimate of drug-likeness (QED) is 0.591. The van der Waals surface area contributed by atoms with E-state index in [0.29, 0.717) is 35.8 Å². The molecular formula is C18H20N2O5. The third kappa shape index (κ3) is 5.22. The molecule has 2 aromatic rings. The van der Waals surface area contributed by atoms with Crippen molar-refractivity contribution in [3.8, 4) is 11.5 Å². The summed E-state index contributed by atoms with van der Waals surface area (Å²) in [6.07, 6.45) is 0. The molecule has 0 aliphatic carbocycles. The van der Waals surface area contributed by atoms with Gasteiger partial charge in [0.2, 0.25) is 0 Å². The number of amides is 2. The van der Waals surface area contributed by atoms with Crippen LogP contribution in [0.25, 0.3) is 0 Å². The van der Waals surface area contributed by atoms with Gasteiger partial charge in [0, 0.05) is 12.7 Å². The van der Waals surface area contributed by atoms with E-state index in [1.807, 2.05) is 0 Å². The van der Waals surface area contributed by atoms with Crippen LogP contribution in [0.4, 0.5) is 0 Å². The van der Waals surface area contributed by atoms with Crippen LogP contribution in [-0.2, 0) is 4.74 Å². The van der Waals surface area contributed by atoms with Crippen molar-refractivity contribution in [2.24, 2.45) is 0 Å². The van der Waals surface area contributed by atoms with E-state index in [4.69, 9.17) is 14.2 Å². The fourth-order valence-electron chi connectivity index (χ4n) is 2.03. The molecule has 7 heteroatoms. The molecule has 0 saturated heterocycles. The van der Waals surface area contributed by atoms with Gasteiger partial charge in [-0.3, -0.25) is 20.4 Å². The maximum atomic E-state index is 12.1. The summed E-state index contributed by atoms with van der Waals surface area (Å²) in [5.74, 6) is 0.149. The van der Waals surface area contributed by atoms with Crippen molar-refractivity contribution in [2.75, 3.05) is 27.4 Å². The third-order valence-corrected chi connectivity index (χ3v) is 3.31. The molecule has 0 bridgehead atoms. The van der Waals surface area contributed by atoms with Gasteiger partial charge in [-0.25, -0.2) is 0 Å². The summed E-state index contributed by atoms with van der Waals surface area (Å²) in [4.78, 5) is 24.2. The predicted octanol–water partition coefficient (Wildman–Crippen LogP) is 1.80. The maximum absolute atomic E-state index is 12.1. The minimum absolute atomic E-state index is 0.326. The van der Waals surface area contributed by atoms with Crippen LogP contribution in [-0.4, -0.2) is 39.2 Å². The van der Waals surface area contributed by atoms with E-state index in [9.17, 15) is 9.59 Å². The number of hydrogen-bond donors (Lipinski definition) is 2. The lowest BCUT2D eigenvalue weighted by molar-refractivity contribution is 0.0845. The number of carbonyl (C=O) groups excluding carboxylic acids is 2. The van der Waals surface area contributed by atoms with Gasteiger partial charge in [-0.1, -0.05) is 12.1 Å². The van der Waals surface area contributed by atoms with E-state index < -0.39 is 11.8 Å². The van der Waals surface area contributed by atoms with Crippen LogP contribution in [0.15, 0.2) is 48.5 Å². The first-order chi connectivity index (χ1) is 12.2. The van der Waals surface area contributed by atoms with Crippen molar-refractivity contribution >= 4 is 11.8 Å². The lowest BCUT2D eigenvalue weighted by Gasteiger charge is -2.10. The van der Waals surface area contributed by atoms with Gasteiger partial charge in [-0.05, 0) is 36.4 Å². The molecule has 132 valence electrons. The summed E-state index contributed by atoms with van der Waals surface area (Å²) in [5, 5.41) is 0. The lowest BCUT2D eigenvalue weighted by atomic mass is 10.2. The monoisotopic (exact) mass is 344 g/mol. The second-order valence-electron chi connectivity index (χ2n) is 4.97. The molecule has 0 heterocycles. The van der Waals surface area contributed by atoms with Crippen molar-refractivity contribution in [1.29, 1.82) is 0 Å². The van der Waals surface area contributed by atoms with Crippen molar-refractivity contribution in [2.45, 2.75) is 0 Å². The molecule has 0 aliphatic rings. The van der Waals surface area contributed by atoms with Crippen LogP contribution in [0.1, 0.15) is 20.7 Å². The highest BCUT2D eigenvalue weighted by Gasteiger charge is 2.13. The number of rotatable bonds is 7. The fraction of sp³-hybridized carbons (Fsp3) is 0.222. The highest BCUT2D eigenvalue weighted by molar-refractivity contribution is 6.00. The van der Waals surface area contributed by atoms with E-state index >= 15 is 0 Å². The zero-order valence-electron chi connectivity index (χ0n) is 14.1. The number of ether oxygens (including phenoxy) is 3.